The first-order valence-electron chi connectivity index (χ1n) is 6.00. The van der Waals surface area contributed by atoms with E-state index in [1.54, 1.807) is 30.3 Å². The van der Waals surface area contributed by atoms with Gasteiger partial charge >= 0.3 is 5.97 Å². The van der Waals surface area contributed by atoms with E-state index in [-0.39, 0.29) is 22.7 Å². The van der Waals surface area contributed by atoms with Gasteiger partial charge in [-0.3, -0.25) is 4.79 Å². The Morgan fingerprint density at radius 1 is 1.00 bits per heavy atom. The summed E-state index contributed by atoms with van der Waals surface area (Å²) in [4.78, 5) is 23.2. The van der Waals surface area contributed by atoms with E-state index in [2.05, 4.69) is 0 Å². The maximum Gasteiger partial charge on any atom is 0.336 e. The smallest absolute Gasteiger partial charge is 0.336 e. The molecule has 0 spiro atoms. The SMILES string of the molecule is O=C(O)C1=Cc2cc(C(=O)c3ccccc3)c(O)cc21. The monoisotopic (exact) mass is 266 g/mol. The fourth-order valence-corrected chi connectivity index (χ4v) is 2.22. The molecule has 2 aromatic rings. The van der Waals surface area contributed by atoms with Gasteiger partial charge in [-0.2, -0.15) is 0 Å². The Balaban J connectivity index is 2.02. The molecule has 0 radical (unpaired) electrons. The summed E-state index contributed by atoms with van der Waals surface area (Å²) in [7, 11) is 0. The number of carboxylic acids is 1. The average Bonchev–Trinajstić information content (AvgIpc) is 2.42. The lowest BCUT2D eigenvalue weighted by Crippen LogP contribution is -2.10. The van der Waals surface area contributed by atoms with Gasteiger partial charge in [0.25, 0.3) is 0 Å². The Kier molecular flexibility index (Phi) is 2.64. The van der Waals surface area contributed by atoms with Crippen LogP contribution in [0, 0.1) is 0 Å². The first kappa shape index (κ1) is 12.2. The van der Waals surface area contributed by atoms with E-state index in [0.717, 1.165) is 0 Å². The predicted molar refractivity (Wildman–Crippen MR) is 73.5 cm³/mol. The topological polar surface area (TPSA) is 74.6 Å². The summed E-state index contributed by atoms with van der Waals surface area (Å²) >= 11 is 0. The Morgan fingerprint density at radius 3 is 2.35 bits per heavy atom. The normalized spacial score (nSPS) is 12.1. The van der Waals surface area contributed by atoms with Crippen molar-refractivity contribution >= 4 is 23.4 Å². The molecule has 3 rings (SSSR count). The van der Waals surface area contributed by atoms with E-state index in [1.165, 1.54) is 18.2 Å². The highest BCUT2D eigenvalue weighted by atomic mass is 16.4. The van der Waals surface area contributed by atoms with Crippen molar-refractivity contribution in [3.63, 3.8) is 0 Å². The van der Waals surface area contributed by atoms with E-state index in [1.807, 2.05) is 0 Å². The summed E-state index contributed by atoms with van der Waals surface area (Å²) in [5, 5.41) is 18.9. The molecule has 0 unspecified atom stereocenters. The van der Waals surface area contributed by atoms with Gasteiger partial charge in [0.15, 0.2) is 5.78 Å². The number of fused-ring (bicyclic) bond motifs is 1. The van der Waals surface area contributed by atoms with Crippen molar-refractivity contribution in [3.8, 4) is 5.75 Å². The molecule has 4 heteroatoms. The molecule has 0 aliphatic heterocycles. The number of aliphatic carboxylic acids is 1. The summed E-state index contributed by atoms with van der Waals surface area (Å²) in [6.07, 6.45) is 1.48. The Morgan fingerprint density at radius 2 is 1.70 bits per heavy atom. The van der Waals surface area contributed by atoms with Gasteiger partial charge in [-0.05, 0) is 29.3 Å². The molecule has 0 saturated heterocycles. The molecule has 2 aromatic carbocycles. The van der Waals surface area contributed by atoms with Crippen molar-refractivity contribution in [1.82, 2.24) is 0 Å². The Labute approximate surface area is 114 Å². The molecule has 20 heavy (non-hydrogen) atoms. The lowest BCUT2D eigenvalue weighted by molar-refractivity contribution is -0.130. The van der Waals surface area contributed by atoms with Gasteiger partial charge in [-0.1, -0.05) is 30.3 Å². The van der Waals surface area contributed by atoms with Crippen LogP contribution in [0.5, 0.6) is 5.75 Å². The van der Waals surface area contributed by atoms with E-state index >= 15 is 0 Å². The number of hydrogen-bond donors (Lipinski definition) is 2. The first-order valence-corrected chi connectivity index (χ1v) is 6.00. The van der Waals surface area contributed by atoms with Crippen LogP contribution in [0.25, 0.3) is 11.6 Å². The minimum atomic E-state index is -1.04. The Hall–Kier alpha value is -2.88. The second-order valence-electron chi connectivity index (χ2n) is 4.51. The lowest BCUT2D eigenvalue weighted by Gasteiger charge is -2.18. The highest BCUT2D eigenvalue weighted by Gasteiger charge is 2.25. The van der Waals surface area contributed by atoms with Gasteiger partial charge in [0.2, 0.25) is 0 Å². The number of carbonyl (C=O) groups is 2. The summed E-state index contributed by atoms with van der Waals surface area (Å²) in [6.45, 7) is 0. The third kappa shape index (κ3) is 1.78. The fourth-order valence-electron chi connectivity index (χ4n) is 2.22. The number of phenolic OH excluding ortho intramolecular Hbond substituents is 1. The number of carboxylic acid groups (broad SMARTS) is 1. The second-order valence-corrected chi connectivity index (χ2v) is 4.51. The van der Waals surface area contributed by atoms with Crippen LogP contribution in [0.3, 0.4) is 0 Å². The molecule has 98 valence electrons. The molecule has 1 aliphatic carbocycles. The molecule has 0 atom stereocenters. The standard InChI is InChI=1S/C16H10O4/c17-14-8-11-10(6-12(11)16(19)20)7-13(14)15(18)9-4-2-1-3-5-9/h1-8,17H,(H,19,20). The van der Waals surface area contributed by atoms with E-state index < -0.39 is 5.97 Å². The number of ketones is 1. The predicted octanol–water partition coefficient (Wildman–Crippen LogP) is 2.56. The zero-order chi connectivity index (χ0) is 14.3. The molecule has 2 N–H and O–H groups in total. The van der Waals surface area contributed by atoms with Crippen molar-refractivity contribution in [2.24, 2.45) is 0 Å². The fraction of sp³-hybridized carbons (Fsp3) is 0. The molecule has 1 aliphatic rings. The number of benzene rings is 2. The first-order chi connectivity index (χ1) is 9.58. The van der Waals surface area contributed by atoms with Crippen molar-refractivity contribution in [2.75, 3.05) is 0 Å². The number of hydrogen-bond acceptors (Lipinski definition) is 3. The Bertz CT molecular complexity index is 758. The molecular weight excluding hydrogens is 256 g/mol. The molecule has 0 heterocycles. The summed E-state index contributed by atoms with van der Waals surface area (Å²) in [5.41, 5.74) is 1.91. The molecule has 0 fully saturated rings. The van der Waals surface area contributed by atoms with Crippen molar-refractivity contribution in [3.05, 3.63) is 64.7 Å². The maximum atomic E-state index is 12.3. The minimum Gasteiger partial charge on any atom is -0.507 e. The number of carbonyl (C=O) groups excluding carboxylic acids is 1. The van der Waals surface area contributed by atoms with Crippen LogP contribution in [0.15, 0.2) is 42.5 Å². The van der Waals surface area contributed by atoms with Gasteiger partial charge in [-0.25, -0.2) is 4.79 Å². The zero-order valence-corrected chi connectivity index (χ0v) is 10.3. The van der Waals surface area contributed by atoms with Crippen molar-refractivity contribution in [1.29, 1.82) is 0 Å². The molecule has 0 aromatic heterocycles. The van der Waals surface area contributed by atoms with E-state index in [0.29, 0.717) is 16.7 Å². The summed E-state index contributed by atoms with van der Waals surface area (Å²) in [6, 6.07) is 11.5. The van der Waals surface area contributed by atoms with Crippen molar-refractivity contribution < 1.29 is 19.8 Å². The highest BCUT2D eigenvalue weighted by Crippen LogP contribution is 2.37. The van der Waals surface area contributed by atoms with Gasteiger partial charge in [0.05, 0.1) is 11.1 Å². The quantitative estimate of drug-likeness (QED) is 0.837. The zero-order valence-electron chi connectivity index (χ0n) is 10.3. The van der Waals surface area contributed by atoms with Crippen LogP contribution >= 0.6 is 0 Å². The van der Waals surface area contributed by atoms with E-state index in [9.17, 15) is 14.7 Å². The third-order valence-electron chi connectivity index (χ3n) is 3.27. The summed E-state index contributed by atoms with van der Waals surface area (Å²) < 4.78 is 0. The number of aromatic hydroxyl groups is 1. The molecule has 4 nitrogen and oxygen atoms in total. The van der Waals surface area contributed by atoms with Gasteiger partial charge in [0, 0.05) is 5.56 Å². The van der Waals surface area contributed by atoms with Crippen LogP contribution in [-0.2, 0) is 4.79 Å². The summed E-state index contributed by atoms with van der Waals surface area (Å²) in [5.74, 6) is -1.54. The van der Waals surface area contributed by atoms with Gasteiger partial charge < -0.3 is 10.2 Å². The van der Waals surface area contributed by atoms with E-state index in [4.69, 9.17) is 5.11 Å². The third-order valence-corrected chi connectivity index (χ3v) is 3.27. The lowest BCUT2D eigenvalue weighted by atomic mass is 9.85. The average molecular weight is 266 g/mol. The highest BCUT2D eigenvalue weighted by molar-refractivity contribution is 6.27. The van der Waals surface area contributed by atoms with Crippen LogP contribution in [0.2, 0.25) is 0 Å². The van der Waals surface area contributed by atoms with Gasteiger partial charge in [-0.15, -0.1) is 0 Å². The van der Waals surface area contributed by atoms with Crippen LogP contribution in [-0.4, -0.2) is 22.0 Å². The molecule has 0 amide bonds. The van der Waals surface area contributed by atoms with Crippen LogP contribution < -0.4 is 0 Å². The van der Waals surface area contributed by atoms with Gasteiger partial charge in [0.1, 0.15) is 5.75 Å². The maximum absolute atomic E-state index is 12.3. The second kappa shape index (κ2) is 4.35. The number of rotatable bonds is 3. The largest absolute Gasteiger partial charge is 0.507 e. The van der Waals surface area contributed by atoms with Crippen LogP contribution in [0.1, 0.15) is 27.0 Å². The molecule has 0 bridgehead atoms. The molecular formula is C16H10O4. The minimum absolute atomic E-state index is 0.147. The van der Waals surface area contributed by atoms with Crippen molar-refractivity contribution in [2.45, 2.75) is 0 Å². The molecule has 0 saturated carbocycles. The number of phenols is 1. The van der Waals surface area contributed by atoms with Crippen LogP contribution in [0.4, 0.5) is 0 Å².